The molecule has 4 heteroatoms. The van der Waals surface area contributed by atoms with Crippen LogP contribution in [0.2, 0.25) is 0 Å². The van der Waals surface area contributed by atoms with Gasteiger partial charge < -0.3 is 10.0 Å². The molecule has 1 aliphatic heterocycles. The first-order chi connectivity index (χ1) is 10.8. The highest BCUT2D eigenvalue weighted by Gasteiger charge is 2.36. The third-order valence-electron chi connectivity index (χ3n) is 5.02. The summed E-state index contributed by atoms with van der Waals surface area (Å²) in [5, 5.41) is 11.2. The van der Waals surface area contributed by atoms with Crippen LogP contribution in [0.15, 0.2) is 24.3 Å². The molecule has 2 rings (SSSR count). The van der Waals surface area contributed by atoms with Crippen LogP contribution in [-0.4, -0.2) is 33.8 Å². The molecular weight excluding hydrogens is 306 g/mol. The van der Waals surface area contributed by atoms with Crippen molar-refractivity contribution in [3.63, 3.8) is 0 Å². The second kappa shape index (κ2) is 7.27. The van der Waals surface area contributed by atoms with Crippen LogP contribution in [0.3, 0.4) is 0 Å². The average Bonchev–Trinajstić information content (AvgIpc) is 2.54. The number of hydrogen-bond donors (Lipinski definition) is 1. The van der Waals surface area contributed by atoms with Crippen LogP contribution in [0.1, 0.15) is 58.1 Å². The lowest BCUT2D eigenvalue weighted by molar-refractivity contribution is -0.133. The summed E-state index contributed by atoms with van der Waals surface area (Å²) >= 11 is 1.94. The van der Waals surface area contributed by atoms with Crippen molar-refractivity contribution >= 4 is 17.7 Å². The van der Waals surface area contributed by atoms with E-state index in [1.165, 1.54) is 5.56 Å². The monoisotopic (exact) mass is 335 g/mol. The molecule has 1 amide bonds. The fraction of sp³-hybridized carbons (Fsp3) is 0.632. The van der Waals surface area contributed by atoms with E-state index in [0.717, 1.165) is 17.7 Å². The first-order valence-electron chi connectivity index (χ1n) is 8.48. The van der Waals surface area contributed by atoms with E-state index in [9.17, 15) is 9.90 Å². The Hall–Kier alpha value is -1.00. The van der Waals surface area contributed by atoms with Gasteiger partial charge in [0.25, 0.3) is 0 Å². The lowest BCUT2D eigenvalue weighted by Gasteiger charge is -2.39. The number of carbonyl (C=O) groups is 1. The largest absolute Gasteiger partial charge is 0.385 e. The smallest absolute Gasteiger partial charge is 0.219 e. The number of piperidine rings is 1. The summed E-state index contributed by atoms with van der Waals surface area (Å²) in [6, 6.07) is 8.23. The Balaban J connectivity index is 2.15. The SMILES string of the molecule is CCC(C)(C)SCc1ccccc1C1(O)CCN(C(C)=O)CC1. The van der Waals surface area contributed by atoms with E-state index < -0.39 is 5.60 Å². The van der Waals surface area contributed by atoms with E-state index in [1.54, 1.807) is 6.92 Å². The number of benzene rings is 1. The molecule has 0 aromatic heterocycles. The minimum Gasteiger partial charge on any atom is -0.385 e. The molecule has 0 unspecified atom stereocenters. The van der Waals surface area contributed by atoms with Crippen molar-refractivity contribution in [1.29, 1.82) is 0 Å². The van der Waals surface area contributed by atoms with E-state index in [-0.39, 0.29) is 10.7 Å². The van der Waals surface area contributed by atoms with Crippen LogP contribution in [0.4, 0.5) is 0 Å². The van der Waals surface area contributed by atoms with Gasteiger partial charge in [-0.1, -0.05) is 45.0 Å². The highest BCUT2D eigenvalue weighted by Crippen LogP contribution is 2.38. The zero-order valence-electron chi connectivity index (χ0n) is 14.8. The molecule has 23 heavy (non-hydrogen) atoms. The second-order valence-electron chi connectivity index (χ2n) is 7.10. The molecule has 0 radical (unpaired) electrons. The van der Waals surface area contributed by atoms with Crippen LogP contribution in [0.5, 0.6) is 0 Å². The van der Waals surface area contributed by atoms with E-state index in [1.807, 2.05) is 28.8 Å². The average molecular weight is 336 g/mol. The lowest BCUT2D eigenvalue weighted by Crippen LogP contribution is -2.44. The minimum atomic E-state index is -0.806. The van der Waals surface area contributed by atoms with Crippen LogP contribution in [-0.2, 0) is 16.1 Å². The minimum absolute atomic E-state index is 0.0978. The van der Waals surface area contributed by atoms with Gasteiger partial charge in [-0.15, -0.1) is 0 Å². The Labute approximate surface area is 144 Å². The molecule has 1 aliphatic rings. The third kappa shape index (κ3) is 4.51. The van der Waals surface area contributed by atoms with Crippen LogP contribution < -0.4 is 0 Å². The third-order valence-corrected chi connectivity index (χ3v) is 6.55. The summed E-state index contributed by atoms with van der Waals surface area (Å²) in [7, 11) is 0. The number of amides is 1. The standard InChI is InChI=1S/C19H29NO2S/c1-5-18(3,4)23-14-16-8-6-7-9-17(16)19(22)10-12-20(13-11-19)15(2)21/h6-9,22H,5,10-14H2,1-4H3. The quantitative estimate of drug-likeness (QED) is 0.886. The molecule has 0 aliphatic carbocycles. The van der Waals surface area contributed by atoms with E-state index in [2.05, 4.69) is 32.9 Å². The molecule has 0 atom stereocenters. The molecule has 1 fully saturated rings. The summed E-state index contributed by atoms with van der Waals surface area (Å²) in [6.45, 7) is 9.61. The summed E-state index contributed by atoms with van der Waals surface area (Å²) in [5.74, 6) is 1.01. The van der Waals surface area contributed by atoms with Crippen molar-refractivity contribution in [2.75, 3.05) is 13.1 Å². The number of likely N-dealkylation sites (tertiary alicyclic amines) is 1. The van der Waals surface area contributed by atoms with Crippen molar-refractivity contribution in [1.82, 2.24) is 4.90 Å². The first kappa shape index (κ1) is 18.3. The van der Waals surface area contributed by atoms with Gasteiger partial charge in [0.15, 0.2) is 0 Å². The van der Waals surface area contributed by atoms with Gasteiger partial charge in [-0.2, -0.15) is 11.8 Å². The summed E-state index contributed by atoms with van der Waals surface area (Å²) in [5.41, 5.74) is 1.46. The van der Waals surface area contributed by atoms with Gasteiger partial charge in [0.1, 0.15) is 0 Å². The highest BCUT2D eigenvalue weighted by atomic mass is 32.2. The first-order valence-corrected chi connectivity index (χ1v) is 9.46. The van der Waals surface area contributed by atoms with E-state index in [0.29, 0.717) is 25.9 Å². The van der Waals surface area contributed by atoms with Gasteiger partial charge in [0.2, 0.25) is 5.91 Å². The highest BCUT2D eigenvalue weighted by molar-refractivity contribution is 7.99. The van der Waals surface area contributed by atoms with Gasteiger partial charge in [0.05, 0.1) is 5.60 Å². The zero-order chi connectivity index (χ0) is 17.1. The fourth-order valence-corrected chi connectivity index (χ4v) is 3.94. The molecule has 128 valence electrons. The predicted octanol–water partition coefficient (Wildman–Crippen LogP) is 3.94. The Kier molecular flexibility index (Phi) is 5.79. The van der Waals surface area contributed by atoms with Crippen molar-refractivity contribution in [3.05, 3.63) is 35.4 Å². The lowest BCUT2D eigenvalue weighted by atomic mass is 9.82. The maximum Gasteiger partial charge on any atom is 0.219 e. The molecule has 0 saturated carbocycles. The predicted molar refractivity (Wildman–Crippen MR) is 97.5 cm³/mol. The van der Waals surface area contributed by atoms with Gasteiger partial charge >= 0.3 is 0 Å². The van der Waals surface area contributed by atoms with Gasteiger partial charge in [0, 0.05) is 30.5 Å². The zero-order valence-corrected chi connectivity index (χ0v) is 15.6. The molecule has 1 heterocycles. The second-order valence-corrected chi connectivity index (χ2v) is 8.78. The number of hydrogen-bond acceptors (Lipinski definition) is 3. The number of aliphatic hydroxyl groups is 1. The molecule has 0 bridgehead atoms. The molecule has 1 N–H and O–H groups in total. The van der Waals surface area contributed by atoms with Gasteiger partial charge in [-0.3, -0.25) is 4.79 Å². The number of thioether (sulfide) groups is 1. The number of rotatable bonds is 5. The Morgan fingerprint density at radius 2 is 1.91 bits per heavy atom. The molecule has 3 nitrogen and oxygen atoms in total. The van der Waals surface area contributed by atoms with E-state index in [4.69, 9.17) is 0 Å². The fourth-order valence-electron chi connectivity index (χ4n) is 2.94. The van der Waals surface area contributed by atoms with Crippen molar-refractivity contribution in [3.8, 4) is 0 Å². The van der Waals surface area contributed by atoms with Crippen molar-refractivity contribution < 1.29 is 9.90 Å². The Bertz CT molecular complexity index is 548. The topological polar surface area (TPSA) is 40.5 Å². The van der Waals surface area contributed by atoms with Crippen molar-refractivity contribution in [2.24, 2.45) is 0 Å². The van der Waals surface area contributed by atoms with E-state index >= 15 is 0 Å². The molecular formula is C19H29NO2S. The number of carbonyl (C=O) groups excluding carboxylic acids is 1. The Morgan fingerprint density at radius 1 is 1.30 bits per heavy atom. The molecule has 1 aromatic carbocycles. The normalized spacial score (nSPS) is 18.0. The summed E-state index contributed by atoms with van der Waals surface area (Å²) in [6.07, 6.45) is 2.36. The van der Waals surface area contributed by atoms with Gasteiger partial charge in [-0.25, -0.2) is 0 Å². The summed E-state index contributed by atoms with van der Waals surface area (Å²) < 4.78 is 0.244. The van der Waals surface area contributed by atoms with Crippen molar-refractivity contribution in [2.45, 2.75) is 63.1 Å². The van der Waals surface area contributed by atoms with Crippen LogP contribution in [0, 0.1) is 0 Å². The van der Waals surface area contributed by atoms with Gasteiger partial charge in [-0.05, 0) is 30.4 Å². The maximum atomic E-state index is 11.5. The van der Waals surface area contributed by atoms with Crippen LogP contribution in [0.25, 0.3) is 0 Å². The number of nitrogens with zero attached hydrogens (tertiary/aromatic N) is 1. The molecule has 1 aromatic rings. The Morgan fingerprint density at radius 3 is 2.48 bits per heavy atom. The summed E-state index contributed by atoms with van der Waals surface area (Å²) in [4.78, 5) is 13.3. The maximum absolute atomic E-state index is 11.5. The molecule has 0 spiro atoms. The van der Waals surface area contributed by atoms with Crippen LogP contribution >= 0.6 is 11.8 Å². The molecule has 1 saturated heterocycles.